The number of hydrogen-bond donors (Lipinski definition) is 0. The predicted molar refractivity (Wildman–Crippen MR) is 66.9 cm³/mol. The molecule has 0 spiro atoms. The van der Waals surface area contributed by atoms with Gasteiger partial charge in [-0.1, -0.05) is 32.4 Å². The fraction of sp³-hybridized carbons (Fsp3) is 0.462. The molecule has 1 rings (SSSR count). The van der Waals surface area contributed by atoms with Gasteiger partial charge in [0.1, 0.15) is 11.6 Å². The minimum absolute atomic E-state index is 0.167. The van der Waals surface area contributed by atoms with Gasteiger partial charge in [-0.2, -0.15) is 0 Å². The first-order valence-electron chi connectivity index (χ1n) is 5.49. The molecular weight excluding hydrogens is 271 g/mol. The molecule has 0 aliphatic rings. The second-order valence-corrected chi connectivity index (χ2v) is 4.94. The van der Waals surface area contributed by atoms with Crippen molar-refractivity contribution in [3.63, 3.8) is 0 Å². The Hall–Kier alpha value is -0.700. The van der Waals surface area contributed by atoms with Crippen LogP contribution >= 0.6 is 15.9 Å². The van der Waals surface area contributed by atoms with Gasteiger partial charge < -0.3 is 0 Å². The lowest BCUT2D eigenvalue weighted by molar-refractivity contribution is -0.119. The quantitative estimate of drug-likeness (QED) is 0.795. The zero-order chi connectivity index (χ0) is 12.1. The highest BCUT2D eigenvalue weighted by atomic mass is 79.9. The topological polar surface area (TPSA) is 17.1 Å². The Balaban J connectivity index is 2.66. The summed E-state index contributed by atoms with van der Waals surface area (Å²) in [7, 11) is 0. The molecular formula is C13H16BrFO. The van der Waals surface area contributed by atoms with E-state index in [9.17, 15) is 9.18 Å². The number of rotatable bonds is 5. The molecule has 0 N–H and O–H groups in total. The number of hydrogen-bond acceptors (Lipinski definition) is 1. The second kappa shape index (κ2) is 6.14. The van der Waals surface area contributed by atoms with Gasteiger partial charge >= 0.3 is 0 Å². The zero-order valence-corrected chi connectivity index (χ0v) is 11.2. The highest BCUT2D eigenvalue weighted by molar-refractivity contribution is 9.10. The van der Waals surface area contributed by atoms with Gasteiger partial charge in [-0.15, -0.1) is 0 Å². The van der Waals surface area contributed by atoms with E-state index >= 15 is 0 Å². The van der Waals surface area contributed by atoms with Gasteiger partial charge in [0.05, 0.1) is 4.47 Å². The van der Waals surface area contributed by atoms with E-state index in [1.165, 1.54) is 6.07 Å². The molecule has 0 aliphatic heterocycles. The first-order valence-corrected chi connectivity index (χ1v) is 6.28. The highest BCUT2D eigenvalue weighted by Gasteiger charge is 2.12. The van der Waals surface area contributed by atoms with E-state index in [0.717, 1.165) is 12.0 Å². The molecule has 0 radical (unpaired) electrons. The normalized spacial score (nSPS) is 12.5. The smallest absolute Gasteiger partial charge is 0.137 e. The summed E-state index contributed by atoms with van der Waals surface area (Å²) in [6, 6.07) is 4.79. The van der Waals surface area contributed by atoms with Crippen LogP contribution in [-0.2, 0) is 11.2 Å². The van der Waals surface area contributed by atoms with Crippen molar-refractivity contribution < 1.29 is 9.18 Å². The summed E-state index contributed by atoms with van der Waals surface area (Å²) in [4.78, 5) is 11.7. The van der Waals surface area contributed by atoms with Crippen LogP contribution in [0.2, 0.25) is 0 Å². The van der Waals surface area contributed by atoms with Crippen molar-refractivity contribution in [3.05, 3.63) is 34.1 Å². The van der Waals surface area contributed by atoms with Crippen LogP contribution in [-0.4, -0.2) is 5.78 Å². The Labute approximate surface area is 104 Å². The lowest BCUT2D eigenvalue weighted by Gasteiger charge is -2.08. The van der Waals surface area contributed by atoms with Gasteiger partial charge in [0.15, 0.2) is 0 Å². The molecule has 0 amide bonds. The molecule has 1 aromatic rings. The van der Waals surface area contributed by atoms with E-state index in [2.05, 4.69) is 29.8 Å². The van der Waals surface area contributed by atoms with Crippen molar-refractivity contribution in [1.82, 2.24) is 0 Å². The number of Topliss-reactive ketones (excluding diaryl/α,β-unsaturated/α-hetero) is 1. The van der Waals surface area contributed by atoms with Crippen LogP contribution in [0, 0.1) is 11.7 Å². The lowest BCUT2D eigenvalue weighted by Crippen LogP contribution is -2.08. The van der Waals surface area contributed by atoms with Crippen molar-refractivity contribution in [1.29, 1.82) is 0 Å². The fourth-order valence-electron chi connectivity index (χ4n) is 1.50. The predicted octanol–water partition coefficient (Wildman–Crippen LogP) is 4.14. The first-order chi connectivity index (χ1) is 7.54. The summed E-state index contributed by atoms with van der Waals surface area (Å²) < 4.78 is 13.6. The largest absolute Gasteiger partial charge is 0.299 e. The van der Waals surface area contributed by atoms with Crippen LogP contribution in [0.25, 0.3) is 0 Å². The Morgan fingerprint density at radius 3 is 2.81 bits per heavy atom. The molecule has 3 heteroatoms. The van der Waals surface area contributed by atoms with Crippen molar-refractivity contribution in [2.24, 2.45) is 5.92 Å². The number of carbonyl (C=O) groups excluding carboxylic acids is 1. The highest BCUT2D eigenvalue weighted by Crippen LogP contribution is 2.22. The first kappa shape index (κ1) is 13.4. The van der Waals surface area contributed by atoms with Gasteiger partial charge in [-0.3, -0.25) is 4.79 Å². The van der Waals surface area contributed by atoms with E-state index in [0.29, 0.717) is 23.2 Å². The summed E-state index contributed by atoms with van der Waals surface area (Å²) in [5.41, 5.74) is 0.730. The SMILES string of the molecule is CCC(C)CC(=O)Cc1cccc(F)c1Br. The van der Waals surface area contributed by atoms with Crippen LogP contribution in [0.15, 0.2) is 22.7 Å². The summed E-state index contributed by atoms with van der Waals surface area (Å²) in [5.74, 6) is 0.259. The molecule has 0 aromatic heterocycles. The maximum Gasteiger partial charge on any atom is 0.137 e. The molecule has 1 atom stereocenters. The molecule has 1 aromatic carbocycles. The van der Waals surface area contributed by atoms with Crippen LogP contribution in [0.3, 0.4) is 0 Å². The maximum absolute atomic E-state index is 13.2. The number of halogens is 2. The molecule has 1 nitrogen and oxygen atoms in total. The summed E-state index contributed by atoms with van der Waals surface area (Å²) in [5, 5.41) is 0. The van der Waals surface area contributed by atoms with Gasteiger partial charge in [0, 0.05) is 12.8 Å². The molecule has 0 fully saturated rings. The summed E-state index contributed by atoms with van der Waals surface area (Å²) in [6.45, 7) is 4.12. The van der Waals surface area contributed by atoms with E-state index in [1.807, 2.05) is 0 Å². The molecule has 0 saturated heterocycles. The third kappa shape index (κ3) is 3.71. The van der Waals surface area contributed by atoms with Crippen molar-refractivity contribution in [2.75, 3.05) is 0 Å². The van der Waals surface area contributed by atoms with Gasteiger partial charge in [-0.05, 0) is 33.5 Å². The molecule has 0 saturated carbocycles. The lowest BCUT2D eigenvalue weighted by atomic mass is 9.98. The maximum atomic E-state index is 13.2. The van der Waals surface area contributed by atoms with Gasteiger partial charge in [-0.25, -0.2) is 4.39 Å². The summed E-state index contributed by atoms with van der Waals surface area (Å²) >= 11 is 3.16. The fourth-order valence-corrected chi connectivity index (χ4v) is 1.91. The minimum Gasteiger partial charge on any atom is -0.299 e. The molecule has 1 unspecified atom stereocenters. The average Bonchev–Trinajstić information content (AvgIpc) is 2.24. The van der Waals surface area contributed by atoms with Crippen LogP contribution < -0.4 is 0 Å². The number of benzene rings is 1. The van der Waals surface area contributed by atoms with Crippen LogP contribution in [0.4, 0.5) is 4.39 Å². The Bertz CT molecular complexity index is 376. The number of ketones is 1. The Morgan fingerprint density at radius 1 is 1.50 bits per heavy atom. The standard InChI is InChI=1S/C13H16BrFO/c1-3-9(2)7-11(16)8-10-5-4-6-12(15)13(10)14/h4-6,9H,3,7-8H2,1-2H3. The second-order valence-electron chi connectivity index (χ2n) is 4.15. The molecule has 0 bridgehead atoms. The molecule has 88 valence electrons. The van der Waals surface area contributed by atoms with Crippen molar-refractivity contribution in [2.45, 2.75) is 33.1 Å². The van der Waals surface area contributed by atoms with Crippen molar-refractivity contribution in [3.8, 4) is 0 Å². The van der Waals surface area contributed by atoms with Gasteiger partial charge in [0.2, 0.25) is 0 Å². The summed E-state index contributed by atoms with van der Waals surface area (Å²) in [6.07, 6.45) is 1.87. The Morgan fingerprint density at radius 2 is 2.19 bits per heavy atom. The number of carbonyl (C=O) groups is 1. The molecule has 0 heterocycles. The van der Waals surface area contributed by atoms with E-state index in [4.69, 9.17) is 0 Å². The Kier molecular flexibility index (Phi) is 5.13. The monoisotopic (exact) mass is 286 g/mol. The minimum atomic E-state index is -0.311. The van der Waals surface area contributed by atoms with Crippen molar-refractivity contribution >= 4 is 21.7 Å². The van der Waals surface area contributed by atoms with Crippen LogP contribution in [0.1, 0.15) is 32.3 Å². The van der Waals surface area contributed by atoms with Gasteiger partial charge in [0.25, 0.3) is 0 Å². The van der Waals surface area contributed by atoms with E-state index in [-0.39, 0.29) is 11.6 Å². The third-order valence-corrected chi connectivity index (χ3v) is 3.58. The van der Waals surface area contributed by atoms with E-state index < -0.39 is 0 Å². The average molecular weight is 287 g/mol. The molecule has 16 heavy (non-hydrogen) atoms. The third-order valence-electron chi connectivity index (χ3n) is 2.69. The molecule has 0 aliphatic carbocycles. The van der Waals surface area contributed by atoms with E-state index in [1.54, 1.807) is 12.1 Å². The zero-order valence-electron chi connectivity index (χ0n) is 9.59. The van der Waals surface area contributed by atoms with Crippen LogP contribution in [0.5, 0.6) is 0 Å².